The smallest absolute Gasteiger partial charge is 0.396 e. The van der Waals surface area contributed by atoms with Crippen LogP contribution in [0.1, 0.15) is 10.4 Å². The number of nitrogens with zero attached hydrogens (tertiary/aromatic N) is 1. The van der Waals surface area contributed by atoms with Gasteiger partial charge in [-0.25, -0.2) is 13.2 Å². The number of benzene rings is 3. The lowest BCUT2D eigenvalue weighted by molar-refractivity contribution is -0.255. The number of carbonyl (C=O) groups excluding carboxylic acids is 1. The predicted octanol–water partition coefficient (Wildman–Crippen LogP) is 2.77. The number of hydrogen-bond donors (Lipinski definition) is 0. The lowest BCUT2D eigenvalue weighted by Gasteiger charge is -2.24. The Bertz CT molecular complexity index is 1350. The van der Waals surface area contributed by atoms with Crippen LogP contribution in [0, 0.1) is 0 Å². The highest BCUT2D eigenvalue weighted by Crippen LogP contribution is 2.39. The molecule has 136 valence electrons. The van der Waals surface area contributed by atoms with E-state index in [1.165, 1.54) is 6.07 Å². The van der Waals surface area contributed by atoms with Gasteiger partial charge in [0.1, 0.15) is 10.0 Å². The first kappa shape index (κ1) is 17.3. The van der Waals surface area contributed by atoms with Crippen molar-refractivity contribution in [2.45, 2.75) is 4.90 Å². The summed E-state index contributed by atoms with van der Waals surface area (Å²) in [7, 11) is -4.10. The van der Waals surface area contributed by atoms with Crippen molar-refractivity contribution in [1.29, 1.82) is 0 Å². The number of carboxylic acid groups (broad SMARTS) is 1. The summed E-state index contributed by atoms with van der Waals surface area (Å²) in [4.78, 5) is 21.7. The van der Waals surface area contributed by atoms with Gasteiger partial charge in [0.2, 0.25) is 0 Å². The molecule has 4 aromatic rings. The second-order valence-electron chi connectivity index (χ2n) is 5.60. The van der Waals surface area contributed by atoms with Gasteiger partial charge in [-0.05, 0) is 23.1 Å². The molecule has 0 aliphatic carbocycles. The molecule has 0 saturated carbocycles. The maximum Gasteiger partial charge on any atom is 0.396 e. The molecule has 0 bridgehead atoms. The zero-order chi connectivity index (χ0) is 19.2. The second-order valence-corrected chi connectivity index (χ2v) is 8.18. The van der Waals surface area contributed by atoms with Crippen LogP contribution >= 0.6 is 11.3 Å². The first-order chi connectivity index (χ1) is 12.8. The third-order valence-corrected chi connectivity index (χ3v) is 6.00. The van der Waals surface area contributed by atoms with Gasteiger partial charge in [-0.3, -0.25) is 0 Å². The van der Waals surface area contributed by atoms with Crippen LogP contribution in [0.2, 0.25) is 0 Å². The highest BCUT2D eigenvalue weighted by molar-refractivity contribution is 7.94. The molecule has 0 fully saturated rings. The van der Waals surface area contributed by atoms with E-state index in [0.717, 1.165) is 35.6 Å². The van der Waals surface area contributed by atoms with Crippen LogP contribution in [0.25, 0.3) is 25.8 Å². The van der Waals surface area contributed by atoms with E-state index >= 15 is 0 Å². The quantitative estimate of drug-likeness (QED) is 0.520. The fourth-order valence-corrected chi connectivity index (χ4v) is 4.42. The molecule has 0 spiro atoms. The second kappa shape index (κ2) is 6.22. The van der Waals surface area contributed by atoms with Gasteiger partial charge in [0.15, 0.2) is 5.58 Å². The first-order valence-electron chi connectivity index (χ1n) is 7.60. The third kappa shape index (κ3) is 3.07. The molecule has 9 heteroatoms. The molecule has 0 aliphatic rings. The molecule has 0 saturated heterocycles. The topological polar surface area (TPSA) is 119 Å². The Morgan fingerprint density at radius 2 is 1.70 bits per heavy atom. The zero-order valence-corrected chi connectivity index (χ0v) is 15.0. The molecule has 1 aromatic heterocycles. The third-order valence-electron chi connectivity index (χ3n) is 3.92. The minimum Gasteiger partial charge on any atom is -0.572 e. The fourth-order valence-electron chi connectivity index (χ4n) is 2.70. The summed E-state index contributed by atoms with van der Waals surface area (Å²) >= 11 is 0.859. The van der Waals surface area contributed by atoms with E-state index in [4.69, 9.17) is 4.42 Å². The van der Waals surface area contributed by atoms with E-state index in [1.54, 1.807) is 24.3 Å². The zero-order valence-electron chi connectivity index (χ0n) is 13.4. The standard InChI is InChI=1S/C18H10NO6S2/c20-17(21)10-5-7-11(8-6-10)27(23,24)19-14-9-15-16(25-18(22)26-15)13-4-2-1-3-12(13)14/h1-9H,(H,20,21)/q-1/p-1. The SMILES string of the molecule is O=C([O-])c1ccc(S(=O)(=O)[N-]c2cc3sc(=O)oc3c3ccccc23)cc1. The fraction of sp³-hybridized carbons (Fsp3) is 0. The van der Waals surface area contributed by atoms with Crippen LogP contribution < -0.4 is 10.0 Å². The monoisotopic (exact) mass is 399 g/mol. The van der Waals surface area contributed by atoms with Gasteiger partial charge in [0.25, 0.3) is 0 Å². The van der Waals surface area contributed by atoms with E-state index in [1.807, 2.05) is 0 Å². The average molecular weight is 399 g/mol. The molecule has 0 N–H and O–H groups in total. The number of carboxylic acids is 1. The number of hydrogen-bond acceptors (Lipinski definition) is 7. The van der Waals surface area contributed by atoms with Crippen LogP contribution in [0.15, 0.2) is 68.7 Å². The highest BCUT2D eigenvalue weighted by atomic mass is 32.2. The molecule has 4 rings (SSSR count). The van der Waals surface area contributed by atoms with Gasteiger partial charge in [-0.2, -0.15) is 0 Å². The summed E-state index contributed by atoms with van der Waals surface area (Å²) in [6, 6.07) is 12.9. The summed E-state index contributed by atoms with van der Waals surface area (Å²) < 4.78 is 34.9. The van der Waals surface area contributed by atoms with Gasteiger partial charge < -0.3 is 19.0 Å². The summed E-state index contributed by atoms with van der Waals surface area (Å²) in [6.45, 7) is 0. The Morgan fingerprint density at radius 1 is 1.04 bits per heavy atom. The Kier molecular flexibility index (Phi) is 3.97. The number of sulfonamides is 1. The largest absolute Gasteiger partial charge is 0.572 e. The van der Waals surface area contributed by atoms with E-state index in [9.17, 15) is 23.1 Å². The highest BCUT2D eigenvalue weighted by Gasteiger charge is 2.11. The summed E-state index contributed by atoms with van der Waals surface area (Å²) in [6.07, 6.45) is 0. The van der Waals surface area contributed by atoms with Crippen LogP contribution in [0.4, 0.5) is 5.69 Å². The van der Waals surface area contributed by atoms with Crippen molar-refractivity contribution >= 4 is 54.1 Å². The molecule has 27 heavy (non-hydrogen) atoms. The van der Waals surface area contributed by atoms with Crippen LogP contribution in [0.3, 0.4) is 0 Å². The molecule has 0 unspecified atom stereocenters. The predicted molar refractivity (Wildman–Crippen MR) is 98.8 cm³/mol. The van der Waals surface area contributed by atoms with Gasteiger partial charge in [0.05, 0.1) is 15.6 Å². The van der Waals surface area contributed by atoms with E-state index in [0.29, 0.717) is 21.1 Å². The molecule has 0 atom stereocenters. The molecular formula is C18H9NO6S2-2. The van der Waals surface area contributed by atoms with Gasteiger partial charge in [-0.15, -0.1) is 5.69 Å². The molecular weight excluding hydrogens is 390 g/mol. The van der Waals surface area contributed by atoms with Gasteiger partial charge in [-0.1, -0.05) is 53.8 Å². The molecule has 7 nitrogen and oxygen atoms in total. The van der Waals surface area contributed by atoms with Crippen molar-refractivity contribution in [2.75, 3.05) is 0 Å². The number of aromatic carboxylic acids is 1. The maximum atomic E-state index is 12.7. The molecule has 0 aliphatic heterocycles. The van der Waals surface area contributed by atoms with Crippen molar-refractivity contribution in [1.82, 2.24) is 0 Å². The van der Waals surface area contributed by atoms with Gasteiger partial charge in [0, 0.05) is 5.39 Å². The van der Waals surface area contributed by atoms with Crippen molar-refractivity contribution in [2.24, 2.45) is 0 Å². The normalized spacial score (nSPS) is 11.7. The number of rotatable bonds is 4. The summed E-state index contributed by atoms with van der Waals surface area (Å²) in [5, 5.41) is 11.9. The molecule has 1 heterocycles. The Morgan fingerprint density at radius 3 is 2.37 bits per heavy atom. The number of fused-ring (bicyclic) bond motifs is 3. The van der Waals surface area contributed by atoms with E-state index < -0.39 is 20.9 Å². The maximum absolute atomic E-state index is 12.7. The van der Waals surface area contributed by atoms with E-state index in [-0.39, 0.29) is 16.1 Å². The first-order valence-corrected chi connectivity index (χ1v) is 9.86. The van der Waals surface area contributed by atoms with Crippen molar-refractivity contribution < 1.29 is 22.7 Å². The van der Waals surface area contributed by atoms with Crippen molar-refractivity contribution in [3.8, 4) is 0 Å². The lowest BCUT2D eigenvalue weighted by Crippen LogP contribution is -2.22. The van der Waals surface area contributed by atoms with E-state index in [2.05, 4.69) is 4.72 Å². The average Bonchev–Trinajstić information content (AvgIpc) is 3.02. The summed E-state index contributed by atoms with van der Waals surface area (Å²) in [5.74, 6) is -1.40. The van der Waals surface area contributed by atoms with Crippen LogP contribution in [-0.4, -0.2) is 14.4 Å². The molecule has 0 amide bonds. The Balaban J connectivity index is 1.84. The number of carbonyl (C=O) groups is 1. The minimum absolute atomic E-state index is 0.135. The Hall–Kier alpha value is -3.17. The van der Waals surface area contributed by atoms with Crippen molar-refractivity contribution in [3.63, 3.8) is 0 Å². The minimum atomic E-state index is -4.10. The summed E-state index contributed by atoms with van der Waals surface area (Å²) in [5.41, 5.74) is 0.415. The van der Waals surface area contributed by atoms with Crippen LogP contribution in [0.5, 0.6) is 0 Å². The Labute approximate surface area is 156 Å². The lowest BCUT2D eigenvalue weighted by atomic mass is 10.1. The molecule has 0 radical (unpaired) electrons. The van der Waals surface area contributed by atoms with Gasteiger partial charge >= 0.3 is 4.94 Å². The molecule has 3 aromatic carbocycles. The van der Waals surface area contributed by atoms with Crippen molar-refractivity contribution in [3.05, 3.63) is 74.6 Å². The van der Waals surface area contributed by atoms with Crippen LogP contribution in [-0.2, 0) is 10.0 Å².